The Kier molecular flexibility index (Phi) is 3.30. The van der Waals surface area contributed by atoms with Crippen LogP contribution >= 0.6 is 15.9 Å². The summed E-state index contributed by atoms with van der Waals surface area (Å²) < 4.78 is 0. The van der Waals surface area contributed by atoms with Crippen LogP contribution in [0.25, 0.3) is 6.08 Å². The minimum Gasteiger partial charge on any atom is -0.264 e. The summed E-state index contributed by atoms with van der Waals surface area (Å²) in [6.07, 6.45) is 7.81. The van der Waals surface area contributed by atoms with Gasteiger partial charge in [-0.25, -0.2) is 0 Å². The molecule has 0 amide bonds. The van der Waals surface area contributed by atoms with Crippen LogP contribution in [0.5, 0.6) is 0 Å². The summed E-state index contributed by atoms with van der Waals surface area (Å²) in [5, 5.41) is 0.890. The lowest BCUT2D eigenvalue weighted by Crippen LogP contribution is -1.78. The van der Waals surface area contributed by atoms with Crippen molar-refractivity contribution < 1.29 is 0 Å². The molecule has 0 bridgehead atoms. The number of aryl methyl sites for hydroxylation is 1. The van der Waals surface area contributed by atoms with Crippen LogP contribution in [0.15, 0.2) is 24.5 Å². The number of hydrogen-bond acceptors (Lipinski definition) is 1. The van der Waals surface area contributed by atoms with Gasteiger partial charge in [0.15, 0.2) is 0 Å². The second kappa shape index (κ2) is 4.29. The molecule has 1 aromatic rings. The maximum Gasteiger partial charge on any atom is 0.0340 e. The molecule has 0 atom stereocenters. The first kappa shape index (κ1) is 8.47. The van der Waals surface area contributed by atoms with Gasteiger partial charge < -0.3 is 0 Å². The quantitative estimate of drug-likeness (QED) is 0.687. The molecule has 0 aliphatic heterocycles. The maximum atomic E-state index is 4.07. The van der Waals surface area contributed by atoms with Crippen LogP contribution in [0.1, 0.15) is 11.1 Å². The second-order valence-corrected chi connectivity index (χ2v) is 3.00. The monoisotopic (exact) mass is 211 g/mol. The summed E-state index contributed by atoms with van der Waals surface area (Å²) in [6.45, 7) is 2.04. The Labute approximate surface area is 75.3 Å². The Morgan fingerprint density at radius 2 is 2.36 bits per heavy atom. The van der Waals surface area contributed by atoms with Gasteiger partial charge in [-0.15, -0.1) is 0 Å². The summed E-state index contributed by atoms with van der Waals surface area (Å²) in [6, 6.07) is 2.10. The third-order valence-corrected chi connectivity index (χ3v) is 1.67. The van der Waals surface area contributed by atoms with Gasteiger partial charge in [-0.05, 0) is 24.1 Å². The van der Waals surface area contributed by atoms with E-state index in [2.05, 4.69) is 39.1 Å². The number of nitrogens with zero attached hydrogens (tertiary/aromatic N) is 1. The fourth-order valence-electron chi connectivity index (χ4n) is 0.850. The van der Waals surface area contributed by atoms with Crippen molar-refractivity contribution in [3.63, 3.8) is 0 Å². The Morgan fingerprint density at radius 3 is 3.00 bits per heavy atom. The molecule has 0 aliphatic carbocycles. The molecule has 0 spiro atoms. The molecule has 2 heteroatoms. The van der Waals surface area contributed by atoms with E-state index in [0.29, 0.717) is 0 Å². The van der Waals surface area contributed by atoms with E-state index in [1.54, 1.807) is 0 Å². The van der Waals surface area contributed by atoms with Gasteiger partial charge in [0.2, 0.25) is 0 Å². The van der Waals surface area contributed by atoms with Gasteiger partial charge in [-0.1, -0.05) is 28.1 Å². The topological polar surface area (TPSA) is 12.9 Å². The van der Waals surface area contributed by atoms with E-state index < -0.39 is 0 Å². The third kappa shape index (κ3) is 2.85. The van der Waals surface area contributed by atoms with E-state index in [0.717, 1.165) is 10.9 Å². The molecule has 0 N–H and O–H groups in total. The number of alkyl halides is 1. The van der Waals surface area contributed by atoms with Crippen molar-refractivity contribution in [1.82, 2.24) is 4.98 Å². The van der Waals surface area contributed by atoms with Crippen LogP contribution in [0.4, 0.5) is 0 Å². The van der Waals surface area contributed by atoms with Crippen LogP contribution in [-0.4, -0.2) is 10.3 Å². The van der Waals surface area contributed by atoms with Crippen LogP contribution in [0.3, 0.4) is 0 Å². The van der Waals surface area contributed by atoms with Crippen molar-refractivity contribution in [2.75, 3.05) is 5.33 Å². The van der Waals surface area contributed by atoms with Crippen molar-refractivity contribution >= 4 is 22.0 Å². The van der Waals surface area contributed by atoms with Crippen molar-refractivity contribution in [1.29, 1.82) is 0 Å². The highest BCUT2D eigenvalue weighted by molar-refractivity contribution is 9.09. The van der Waals surface area contributed by atoms with E-state index in [1.165, 1.54) is 5.56 Å². The molecule has 1 heterocycles. The van der Waals surface area contributed by atoms with Crippen LogP contribution in [-0.2, 0) is 0 Å². The summed E-state index contributed by atoms with van der Waals surface area (Å²) in [5.41, 5.74) is 2.35. The molecule has 0 fully saturated rings. The average molecular weight is 212 g/mol. The largest absolute Gasteiger partial charge is 0.264 e. The molecule has 0 aliphatic rings. The fourth-order valence-corrected chi connectivity index (χ4v) is 1.04. The minimum absolute atomic E-state index is 0.890. The van der Waals surface area contributed by atoms with E-state index >= 15 is 0 Å². The molecule has 11 heavy (non-hydrogen) atoms. The number of allylic oxidation sites excluding steroid dienone is 1. The van der Waals surface area contributed by atoms with Gasteiger partial charge in [0.05, 0.1) is 0 Å². The summed E-state index contributed by atoms with van der Waals surface area (Å²) in [5.74, 6) is 0. The molecule has 0 aromatic carbocycles. The first-order chi connectivity index (χ1) is 5.33. The van der Waals surface area contributed by atoms with Gasteiger partial charge in [0.25, 0.3) is 0 Å². The molecule has 0 saturated carbocycles. The van der Waals surface area contributed by atoms with Gasteiger partial charge in [0.1, 0.15) is 0 Å². The predicted molar refractivity (Wildman–Crippen MR) is 51.8 cm³/mol. The van der Waals surface area contributed by atoms with Crippen molar-refractivity contribution in [3.05, 3.63) is 35.7 Å². The highest BCUT2D eigenvalue weighted by Gasteiger charge is 1.86. The standard InChI is InChI=1S/C9H10BrN/c1-8-5-9(3-2-4-10)7-11-6-8/h2-3,5-7H,4H2,1H3. The van der Waals surface area contributed by atoms with Crippen LogP contribution < -0.4 is 0 Å². The normalized spacial score (nSPS) is 10.7. The Morgan fingerprint density at radius 1 is 1.55 bits per heavy atom. The van der Waals surface area contributed by atoms with Gasteiger partial charge in [-0.3, -0.25) is 4.98 Å². The Hall–Kier alpha value is -0.630. The molecule has 1 nitrogen and oxygen atoms in total. The van der Waals surface area contributed by atoms with E-state index in [1.807, 2.05) is 19.3 Å². The van der Waals surface area contributed by atoms with E-state index in [-0.39, 0.29) is 0 Å². The number of hydrogen-bond donors (Lipinski definition) is 0. The lowest BCUT2D eigenvalue weighted by molar-refractivity contribution is 1.26. The predicted octanol–water partition coefficient (Wildman–Crippen LogP) is 2.80. The molecule has 1 rings (SSSR count). The first-order valence-electron chi connectivity index (χ1n) is 3.47. The SMILES string of the molecule is Cc1cncc(C=CCBr)c1. The van der Waals surface area contributed by atoms with Gasteiger partial charge in [0, 0.05) is 17.7 Å². The maximum absolute atomic E-state index is 4.07. The molecular formula is C9H10BrN. The second-order valence-electron chi connectivity index (χ2n) is 2.35. The van der Waals surface area contributed by atoms with Crippen molar-refractivity contribution in [3.8, 4) is 0 Å². The highest BCUT2D eigenvalue weighted by Crippen LogP contribution is 2.03. The molecule has 1 aromatic heterocycles. The number of rotatable bonds is 2. The van der Waals surface area contributed by atoms with E-state index in [4.69, 9.17) is 0 Å². The number of pyridine rings is 1. The van der Waals surface area contributed by atoms with Crippen molar-refractivity contribution in [2.45, 2.75) is 6.92 Å². The number of halogens is 1. The molecular weight excluding hydrogens is 202 g/mol. The average Bonchev–Trinajstić information content (AvgIpc) is 2.01. The minimum atomic E-state index is 0.890. The highest BCUT2D eigenvalue weighted by atomic mass is 79.9. The third-order valence-electron chi connectivity index (χ3n) is 1.30. The van der Waals surface area contributed by atoms with Crippen LogP contribution in [0.2, 0.25) is 0 Å². The van der Waals surface area contributed by atoms with E-state index in [9.17, 15) is 0 Å². The first-order valence-corrected chi connectivity index (χ1v) is 4.59. The molecule has 0 unspecified atom stereocenters. The zero-order valence-corrected chi connectivity index (χ0v) is 8.01. The molecule has 0 radical (unpaired) electrons. The van der Waals surface area contributed by atoms with Gasteiger partial charge >= 0.3 is 0 Å². The summed E-state index contributed by atoms with van der Waals surface area (Å²) in [7, 11) is 0. The number of aromatic nitrogens is 1. The molecule has 0 saturated heterocycles. The Balaban J connectivity index is 2.79. The fraction of sp³-hybridized carbons (Fsp3) is 0.222. The smallest absolute Gasteiger partial charge is 0.0340 e. The van der Waals surface area contributed by atoms with Crippen molar-refractivity contribution in [2.24, 2.45) is 0 Å². The zero-order chi connectivity index (χ0) is 8.10. The summed E-state index contributed by atoms with van der Waals surface area (Å²) in [4.78, 5) is 4.07. The van der Waals surface area contributed by atoms with Gasteiger partial charge in [-0.2, -0.15) is 0 Å². The Bertz CT molecular complexity index is 255. The molecule has 58 valence electrons. The summed E-state index contributed by atoms with van der Waals surface area (Å²) >= 11 is 3.32. The lowest BCUT2D eigenvalue weighted by atomic mass is 10.2. The zero-order valence-electron chi connectivity index (χ0n) is 6.42. The van der Waals surface area contributed by atoms with Crippen LogP contribution in [0, 0.1) is 6.92 Å². The lowest BCUT2D eigenvalue weighted by Gasteiger charge is -1.92.